The number of nitrogens with two attached hydrogens (primary N) is 1. The lowest BCUT2D eigenvalue weighted by Crippen LogP contribution is -2.13. The van der Waals surface area contributed by atoms with Crippen LogP contribution in [0.4, 0.5) is 5.69 Å². The van der Waals surface area contributed by atoms with E-state index in [4.69, 9.17) is 28.9 Å². The topological polar surface area (TPSA) is 90.0 Å². The van der Waals surface area contributed by atoms with Crippen molar-refractivity contribution in [2.75, 3.05) is 11.3 Å². The molecule has 0 atom stereocenters. The van der Waals surface area contributed by atoms with Gasteiger partial charge in [0, 0.05) is 12.7 Å². The number of para-hydroxylation sites is 1. The molecule has 21 heavy (non-hydrogen) atoms. The van der Waals surface area contributed by atoms with Crippen molar-refractivity contribution in [3.8, 4) is 0 Å². The van der Waals surface area contributed by atoms with E-state index in [2.05, 4.69) is 9.82 Å². The molecule has 0 fully saturated rings. The van der Waals surface area contributed by atoms with Crippen molar-refractivity contribution in [1.82, 2.24) is 9.78 Å². The molecule has 0 aliphatic carbocycles. The molecule has 1 aromatic carbocycles. The van der Waals surface area contributed by atoms with E-state index in [0.717, 1.165) is 0 Å². The fourth-order valence-electron chi connectivity index (χ4n) is 1.65. The van der Waals surface area contributed by atoms with Gasteiger partial charge >= 0.3 is 0 Å². The van der Waals surface area contributed by atoms with E-state index in [1.54, 1.807) is 18.2 Å². The highest BCUT2D eigenvalue weighted by Crippen LogP contribution is 2.31. The van der Waals surface area contributed by atoms with Gasteiger partial charge in [0.15, 0.2) is 0 Å². The van der Waals surface area contributed by atoms with Gasteiger partial charge in [0.1, 0.15) is 4.90 Å². The zero-order valence-corrected chi connectivity index (χ0v) is 13.3. The number of aryl methyl sites for hydroxylation is 1. The van der Waals surface area contributed by atoms with Crippen LogP contribution in [0, 0.1) is 0 Å². The standard InChI is InChI=1S/C12H14Cl2N4O2S/c13-10-3-1-4-11(14)12(10)17-21(19,20)9-7-16-18(8-9)6-2-5-15/h1,3-4,7-8,17H,2,5-6,15H2. The number of sulfonamides is 1. The first kappa shape index (κ1) is 16.1. The average molecular weight is 349 g/mol. The monoisotopic (exact) mass is 348 g/mol. The molecule has 0 radical (unpaired) electrons. The van der Waals surface area contributed by atoms with Crippen LogP contribution in [-0.4, -0.2) is 24.7 Å². The van der Waals surface area contributed by atoms with Crippen LogP contribution in [0.5, 0.6) is 0 Å². The van der Waals surface area contributed by atoms with E-state index in [1.807, 2.05) is 0 Å². The lowest BCUT2D eigenvalue weighted by Gasteiger charge is -2.09. The normalized spacial score (nSPS) is 11.6. The highest BCUT2D eigenvalue weighted by atomic mass is 35.5. The number of rotatable bonds is 6. The number of halogens is 2. The Bertz CT molecular complexity index is 710. The van der Waals surface area contributed by atoms with Crippen LogP contribution >= 0.6 is 23.2 Å². The molecule has 2 aromatic rings. The third-order valence-electron chi connectivity index (χ3n) is 2.71. The Kier molecular flexibility index (Phi) is 5.10. The van der Waals surface area contributed by atoms with Gasteiger partial charge in [-0.3, -0.25) is 9.40 Å². The fraction of sp³-hybridized carbons (Fsp3) is 0.250. The van der Waals surface area contributed by atoms with Crippen LogP contribution in [-0.2, 0) is 16.6 Å². The Morgan fingerprint density at radius 1 is 1.29 bits per heavy atom. The third kappa shape index (κ3) is 3.88. The minimum atomic E-state index is -3.80. The smallest absolute Gasteiger partial charge is 0.265 e. The number of hydrogen-bond donors (Lipinski definition) is 2. The average Bonchev–Trinajstić information content (AvgIpc) is 2.90. The van der Waals surface area contributed by atoms with Crippen molar-refractivity contribution in [3.05, 3.63) is 40.6 Å². The summed E-state index contributed by atoms with van der Waals surface area (Å²) in [6.07, 6.45) is 3.41. The summed E-state index contributed by atoms with van der Waals surface area (Å²) in [7, 11) is -3.80. The summed E-state index contributed by atoms with van der Waals surface area (Å²) >= 11 is 11.9. The quantitative estimate of drug-likeness (QED) is 0.838. The summed E-state index contributed by atoms with van der Waals surface area (Å²) in [6, 6.07) is 4.74. The van der Waals surface area contributed by atoms with E-state index in [9.17, 15) is 8.42 Å². The highest BCUT2D eigenvalue weighted by molar-refractivity contribution is 7.92. The number of anilines is 1. The number of benzene rings is 1. The van der Waals surface area contributed by atoms with Crippen molar-refractivity contribution >= 4 is 38.9 Å². The molecule has 0 saturated heterocycles. The van der Waals surface area contributed by atoms with Crippen molar-refractivity contribution < 1.29 is 8.42 Å². The molecule has 0 spiro atoms. The third-order valence-corrected chi connectivity index (χ3v) is 4.64. The maximum Gasteiger partial charge on any atom is 0.265 e. The minimum Gasteiger partial charge on any atom is -0.330 e. The molecule has 0 amide bonds. The van der Waals surface area contributed by atoms with Crippen LogP contribution in [0.1, 0.15) is 6.42 Å². The molecular weight excluding hydrogens is 335 g/mol. The molecule has 0 aliphatic rings. The second-order valence-electron chi connectivity index (χ2n) is 4.28. The van der Waals surface area contributed by atoms with Crippen LogP contribution in [0.15, 0.2) is 35.5 Å². The first-order chi connectivity index (χ1) is 9.94. The highest BCUT2D eigenvalue weighted by Gasteiger charge is 2.19. The first-order valence-corrected chi connectivity index (χ1v) is 8.37. The summed E-state index contributed by atoms with van der Waals surface area (Å²) < 4.78 is 28.5. The van der Waals surface area contributed by atoms with Gasteiger partial charge in [-0.2, -0.15) is 5.10 Å². The van der Waals surface area contributed by atoms with Gasteiger partial charge in [0.2, 0.25) is 0 Å². The minimum absolute atomic E-state index is 0.0375. The van der Waals surface area contributed by atoms with Crippen LogP contribution in [0.3, 0.4) is 0 Å². The Balaban J connectivity index is 2.24. The Morgan fingerprint density at radius 2 is 1.95 bits per heavy atom. The van der Waals surface area contributed by atoms with Gasteiger partial charge in [-0.1, -0.05) is 29.3 Å². The zero-order valence-electron chi connectivity index (χ0n) is 11.0. The number of nitrogens with zero attached hydrogens (tertiary/aromatic N) is 2. The molecule has 1 heterocycles. The van der Waals surface area contributed by atoms with Crippen molar-refractivity contribution in [1.29, 1.82) is 0 Å². The molecule has 9 heteroatoms. The molecular formula is C12H14Cl2N4O2S. The van der Waals surface area contributed by atoms with E-state index in [0.29, 0.717) is 19.5 Å². The molecule has 1 aromatic heterocycles. The Hall–Kier alpha value is -1.28. The summed E-state index contributed by atoms with van der Waals surface area (Å²) in [5.41, 5.74) is 5.55. The largest absolute Gasteiger partial charge is 0.330 e. The molecule has 0 aliphatic heterocycles. The van der Waals surface area contributed by atoms with Gasteiger partial charge < -0.3 is 5.73 Å². The fourth-order valence-corrected chi connectivity index (χ4v) is 3.30. The molecule has 3 N–H and O–H groups in total. The summed E-state index contributed by atoms with van der Waals surface area (Å²) in [6.45, 7) is 1.06. The van der Waals surface area contributed by atoms with Gasteiger partial charge in [-0.15, -0.1) is 0 Å². The van der Waals surface area contributed by atoms with Gasteiger partial charge in [-0.05, 0) is 25.1 Å². The molecule has 0 saturated carbocycles. The Labute approximate surface area is 132 Å². The van der Waals surface area contributed by atoms with E-state index in [1.165, 1.54) is 17.1 Å². The van der Waals surface area contributed by atoms with E-state index >= 15 is 0 Å². The molecule has 114 valence electrons. The van der Waals surface area contributed by atoms with E-state index in [-0.39, 0.29) is 20.6 Å². The number of hydrogen-bond acceptors (Lipinski definition) is 4. The van der Waals surface area contributed by atoms with Crippen molar-refractivity contribution in [2.45, 2.75) is 17.9 Å². The zero-order chi connectivity index (χ0) is 15.5. The molecule has 6 nitrogen and oxygen atoms in total. The molecule has 0 bridgehead atoms. The van der Waals surface area contributed by atoms with Crippen LogP contribution in [0.25, 0.3) is 0 Å². The first-order valence-electron chi connectivity index (χ1n) is 6.13. The van der Waals surface area contributed by atoms with Crippen LogP contribution in [0.2, 0.25) is 10.0 Å². The summed E-state index contributed by atoms with van der Waals surface area (Å²) in [5, 5.41) is 4.43. The van der Waals surface area contributed by atoms with E-state index < -0.39 is 10.0 Å². The molecule has 2 rings (SSSR count). The Morgan fingerprint density at radius 3 is 2.57 bits per heavy atom. The summed E-state index contributed by atoms with van der Waals surface area (Å²) in [4.78, 5) is 0.0375. The SMILES string of the molecule is NCCCn1cc(S(=O)(=O)Nc2c(Cl)cccc2Cl)cn1. The lowest BCUT2D eigenvalue weighted by molar-refractivity contribution is 0.582. The van der Waals surface area contributed by atoms with Gasteiger partial charge in [0.05, 0.1) is 21.9 Å². The second-order valence-corrected chi connectivity index (χ2v) is 6.78. The number of aromatic nitrogens is 2. The van der Waals surface area contributed by atoms with Gasteiger partial charge in [0.25, 0.3) is 10.0 Å². The van der Waals surface area contributed by atoms with Crippen LogP contribution < -0.4 is 10.5 Å². The summed E-state index contributed by atoms with van der Waals surface area (Å²) in [5.74, 6) is 0. The molecule has 0 unspecified atom stereocenters. The maximum atomic E-state index is 12.3. The predicted molar refractivity (Wildman–Crippen MR) is 83.2 cm³/mol. The van der Waals surface area contributed by atoms with Crippen molar-refractivity contribution in [2.24, 2.45) is 5.73 Å². The lowest BCUT2D eigenvalue weighted by atomic mass is 10.3. The van der Waals surface area contributed by atoms with Gasteiger partial charge in [-0.25, -0.2) is 8.42 Å². The maximum absolute atomic E-state index is 12.3. The second kappa shape index (κ2) is 6.65. The number of nitrogens with one attached hydrogen (secondary N) is 1. The predicted octanol–water partition coefficient (Wildman–Crippen LogP) is 2.34. The van der Waals surface area contributed by atoms with Crippen molar-refractivity contribution in [3.63, 3.8) is 0 Å².